The Balaban J connectivity index is 2.24. The number of rotatable bonds is 2. The molecule has 0 aliphatic rings. The molecule has 0 fully saturated rings. The van der Waals surface area contributed by atoms with E-state index in [1.54, 1.807) is 18.3 Å². The Bertz CT molecular complexity index is 477. The summed E-state index contributed by atoms with van der Waals surface area (Å²) >= 11 is 5.85. The molecule has 1 aromatic carbocycles. The van der Waals surface area contributed by atoms with Crippen LogP contribution < -0.4 is 0 Å². The van der Waals surface area contributed by atoms with E-state index in [4.69, 9.17) is 11.6 Å². The summed E-state index contributed by atoms with van der Waals surface area (Å²) in [6, 6.07) is 6.12. The summed E-state index contributed by atoms with van der Waals surface area (Å²) in [4.78, 5) is 0. The van der Waals surface area contributed by atoms with Crippen molar-refractivity contribution in [1.82, 2.24) is 10.2 Å². The van der Waals surface area contributed by atoms with Crippen molar-refractivity contribution in [2.45, 2.75) is 0 Å². The highest BCUT2D eigenvalue weighted by atomic mass is 35.5. The van der Waals surface area contributed by atoms with E-state index < -0.39 is 0 Å². The van der Waals surface area contributed by atoms with E-state index in [0.717, 1.165) is 11.3 Å². The Morgan fingerprint density at radius 1 is 1.27 bits per heavy atom. The standard InChI is InChI=1S/C11H8ClFN2/c12-11-7-9(13)3-1-8(11)2-4-10-5-6-14-15-10/h1-7H,(H,14,15). The molecule has 1 N–H and O–H groups in total. The van der Waals surface area contributed by atoms with Crippen molar-refractivity contribution >= 4 is 23.8 Å². The second-order valence-corrected chi connectivity index (χ2v) is 3.42. The fourth-order valence-electron chi connectivity index (χ4n) is 1.18. The van der Waals surface area contributed by atoms with Gasteiger partial charge in [0.15, 0.2) is 0 Å². The van der Waals surface area contributed by atoms with Crippen LogP contribution in [0.5, 0.6) is 0 Å². The lowest BCUT2D eigenvalue weighted by Gasteiger charge is -1.97. The predicted octanol–water partition coefficient (Wildman–Crippen LogP) is 3.37. The molecule has 15 heavy (non-hydrogen) atoms. The van der Waals surface area contributed by atoms with Crippen molar-refractivity contribution < 1.29 is 4.39 Å². The average molecular weight is 223 g/mol. The number of aromatic amines is 1. The van der Waals surface area contributed by atoms with Gasteiger partial charge in [0.25, 0.3) is 0 Å². The number of nitrogens with zero attached hydrogens (tertiary/aromatic N) is 1. The van der Waals surface area contributed by atoms with E-state index in [2.05, 4.69) is 10.2 Å². The molecular weight excluding hydrogens is 215 g/mol. The summed E-state index contributed by atoms with van der Waals surface area (Å²) in [5.41, 5.74) is 1.64. The summed E-state index contributed by atoms with van der Waals surface area (Å²) in [5, 5.41) is 6.98. The SMILES string of the molecule is Fc1ccc(C=Cc2ccn[nH]2)c(Cl)c1. The first-order valence-corrected chi connectivity index (χ1v) is 4.76. The van der Waals surface area contributed by atoms with E-state index in [0.29, 0.717) is 5.02 Å². The van der Waals surface area contributed by atoms with Crippen LogP contribution in [0, 0.1) is 5.82 Å². The summed E-state index contributed by atoms with van der Waals surface area (Å²) in [7, 11) is 0. The van der Waals surface area contributed by atoms with Gasteiger partial charge in [0.05, 0.1) is 10.7 Å². The Morgan fingerprint density at radius 2 is 2.13 bits per heavy atom. The first kappa shape index (κ1) is 9.93. The van der Waals surface area contributed by atoms with E-state index >= 15 is 0 Å². The van der Waals surface area contributed by atoms with Gasteiger partial charge in [-0.3, -0.25) is 5.10 Å². The third-order valence-corrected chi connectivity index (χ3v) is 2.25. The molecule has 4 heteroatoms. The fraction of sp³-hybridized carbons (Fsp3) is 0. The lowest BCUT2D eigenvalue weighted by atomic mass is 10.2. The molecule has 0 amide bonds. The quantitative estimate of drug-likeness (QED) is 0.829. The van der Waals surface area contributed by atoms with Crippen molar-refractivity contribution in [3.05, 3.63) is 52.6 Å². The van der Waals surface area contributed by atoms with Crippen LogP contribution in [0.1, 0.15) is 11.3 Å². The molecule has 2 aromatic rings. The summed E-state index contributed by atoms with van der Waals surface area (Å²) in [5.74, 6) is -0.335. The highest BCUT2D eigenvalue weighted by Crippen LogP contribution is 2.19. The van der Waals surface area contributed by atoms with Gasteiger partial charge in [-0.05, 0) is 29.8 Å². The minimum absolute atomic E-state index is 0.335. The zero-order valence-corrected chi connectivity index (χ0v) is 8.50. The number of halogens is 2. The molecule has 1 heterocycles. The zero-order chi connectivity index (χ0) is 10.7. The highest BCUT2D eigenvalue weighted by Gasteiger charge is 1.98. The van der Waals surface area contributed by atoms with Gasteiger partial charge in [0.1, 0.15) is 5.82 Å². The van der Waals surface area contributed by atoms with Gasteiger partial charge >= 0.3 is 0 Å². The van der Waals surface area contributed by atoms with Gasteiger partial charge in [0.2, 0.25) is 0 Å². The molecule has 0 saturated carbocycles. The van der Waals surface area contributed by atoms with Crippen LogP contribution in [-0.2, 0) is 0 Å². The van der Waals surface area contributed by atoms with Crippen molar-refractivity contribution in [2.24, 2.45) is 0 Å². The number of H-pyrrole nitrogens is 1. The summed E-state index contributed by atoms with van der Waals surface area (Å²) < 4.78 is 12.7. The van der Waals surface area contributed by atoms with Crippen molar-refractivity contribution in [3.63, 3.8) is 0 Å². The van der Waals surface area contributed by atoms with E-state index in [9.17, 15) is 4.39 Å². The molecule has 2 rings (SSSR count). The van der Waals surface area contributed by atoms with Crippen LogP contribution in [0.2, 0.25) is 5.02 Å². The van der Waals surface area contributed by atoms with Gasteiger partial charge in [-0.25, -0.2) is 4.39 Å². The maximum Gasteiger partial charge on any atom is 0.124 e. The minimum atomic E-state index is -0.335. The van der Waals surface area contributed by atoms with Crippen LogP contribution in [-0.4, -0.2) is 10.2 Å². The van der Waals surface area contributed by atoms with Gasteiger partial charge in [0, 0.05) is 6.20 Å². The summed E-state index contributed by atoms with van der Waals surface area (Å²) in [6.45, 7) is 0. The van der Waals surface area contributed by atoms with E-state index in [1.165, 1.54) is 12.1 Å². The summed E-state index contributed by atoms with van der Waals surface area (Å²) in [6.07, 6.45) is 5.29. The monoisotopic (exact) mass is 222 g/mol. The minimum Gasteiger partial charge on any atom is -0.278 e. The third kappa shape index (κ3) is 2.44. The highest BCUT2D eigenvalue weighted by molar-refractivity contribution is 6.32. The van der Waals surface area contributed by atoms with Crippen molar-refractivity contribution in [2.75, 3.05) is 0 Å². The van der Waals surface area contributed by atoms with Crippen LogP contribution in [0.3, 0.4) is 0 Å². The zero-order valence-electron chi connectivity index (χ0n) is 7.74. The molecule has 0 unspecified atom stereocenters. The van der Waals surface area contributed by atoms with Crippen molar-refractivity contribution in [3.8, 4) is 0 Å². The number of nitrogens with one attached hydrogen (secondary N) is 1. The second kappa shape index (κ2) is 4.28. The van der Waals surface area contributed by atoms with Gasteiger partial charge in [-0.15, -0.1) is 0 Å². The first-order valence-electron chi connectivity index (χ1n) is 4.38. The molecule has 1 aromatic heterocycles. The van der Waals surface area contributed by atoms with Crippen LogP contribution in [0.15, 0.2) is 30.5 Å². The molecule has 0 bridgehead atoms. The normalized spacial score (nSPS) is 11.1. The number of hydrogen-bond donors (Lipinski definition) is 1. The maximum absolute atomic E-state index is 12.7. The van der Waals surface area contributed by atoms with Crippen molar-refractivity contribution in [1.29, 1.82) is 0 Å². The number of aromatic nitrogens is 2. The molecule has 0 aliphatic heterocycles. The molecular formula is C11H8ClFN2. The Morgan fingerprint density at radius 3 is 2.80 bits per heavy atom. The molecule has 0 atom stereocenters. The van der Waals surface area contributed by atoms with Crippen LogP contribution in [0.4, 0.5) is 4.39 Å². The topological polar surface area (TPSA) is 28.7 Å². The van der Waals surface area contributed by atoms with Gasteiger partial charge in [-0.2, -0.15) is 5.10 Å². The predicted molar refractivity (Wildman–Crippen MR) is 58.9 cm³/mol. The molecule has 0 spiro atoms. The van der Waals surface area contributed by atoms with Gasteiger partial charge < -0.3 is 0 Å². The van der Waals surface area contributed by atoms with Gasteiger partial charge in [-0.1, -0.05) is 23.7 Å². The maximum atomic E-state index is 12.7. The average Bonchev–Trinajstić information content (AvgIpc) is 2.69. The van der Waals surface area contributed by atoms with Crippen LogP contribution >= 0.6 is 11.6 Å². The molecule has 0 aliphatic carbocycles. The number of benzene rings is 1. The lowest BCUT2D eigenvalue weighted by Crippen LogP contribution is -1.78. The smallest absolute Gasteiger partial charge is 0.124 e. The largest absolute Gasteiger partial charge is 0.278 e. The molecule has 0 saturated heterocycles. The van der Waals surface area contributed by atoms with Crippen LogP contribution in [0.25, 0.3) is 12.2 Å². The second-order valence-electron chi connectivity index (χ2n) is 3.01. The Hall–Kier alpha value is -1.61. The Kier molecular flexibility index (Phi) is 2.83. The lowest BCUT2D eigenvalue weighted by molar-refractivity contribution is 0.628. The first-order chi connectivity index (χ1) is 7.25. The number of hydrogen-bond acceptors (Lipinski definition) is 1. The third-order valence-electron chi connectivity index (χ3n) is 1.93. The molecule has 76 valence electrons. The Labute approximate surface area is 91.4 Å². The molecule has 2 nitrogen and oxygen atoms in total. The van der Waals surface area contributed by atoms with E-state index in [1.807, 2.05) is 12.1 Å². The fourth-order valence-corrected chi connectivity index (χ4v) is 1.41. The molecule has 0 radical (unpaired) electrons. The van der Waals surface area contributed by atoms with E-state index in [-0.39, 0.29) is 5.82 Å².